The lowest BCUT2D eigenvalue weighted by molar-refractivity contribution is -0.376. The van der Waals surface area contributed by atoms with Crippen LogP contribution in [0.1, 0.15) is 56.9 Å². The summed E-state index contributed by atoms with van der Waals surface area (Å²) in [5, 5.41) is 8.22. The third-order valence-electron chi connectivity index (χ3n) is 15.7. The van der Waals surface area contributed by atoms with Gasteiger partial charge >= 0.3 is 35.8 Å². The van der Waals surface area contributed by atoms with Crippen molar-refractivity contribution in [3.8, 4) is 0 Å². The zero-order chi connectivity index (χ0) is 68.7. The first-order valence-electron chi connectivity index (χ1n) is 30.7. The van der Waals surface area contributed by atoms with Gasteiger partial charge in [-0.05, 0) is 33.3 Å². The number of azide groups is 2. The predicted octanol–water partition coefficient (Wildman–Crippen LogP) is 6.92. The Bertz CT molecular complexity index is 3280. The van der Waals surface area contributed by atoms with E-state index in [4.69, 9.17) is 85.3 Å². The van der Waals surface area contributed by atoms with Gasteiger partial charge in [0.1, 0.15) is 80.2 Å². The summed E-state index contributed by atoms with van der Waals surface area (Å²) in [6.07, 6.45) is -26.1. The van der Waals surface area contributed by atoms with E-state index in [1.54, 1.807) is 110 Å². The Morgan fingerprint density at radius 3 is 1.21 bits per heavy atom. The van der Waals surface area contributed by atoms with E-state index < -0.39 is 172 Å². The molecule has 8 unspecified atom stereocenters. The molecule has 0 spiro atoms. The van der Waals surface area contributed by atoms with Gasteiger partial charge in [0, 0.05) is 43.4 Å². The van der Waals surface area contributed by atoms with Gasteiger partial charge in [-0.15, -0.1) is 6.58 Å². The first-order valence-corrected chi connectivity index (χ1v) is 30.7. The highest BCUT2D eigenvalue weighted by Crippen LogP contribution is 2.41. The summed E-state index contributed by atoms with van der Waals surface area (Å²) in [6, 6.07) is 32.2. The topological polar surface area (TPSA) is 366 Å². The first-order chi connectivity index (χ1) is 46.4. The monoisotopic (exact) mass is 1340 g/mol. The van der Waals surface area contributed by atoms with Crippen LogP contribution in [0.2, 0.25) is 0 Å². The molecule has 0 radical (unpaired) electrons. The van der Waals surface area contributed by atoms with E-state index in [0.29, 0.717) is 16.7 Å². The van der Waals surface area contributed by atoms with E-state index in [-0.39, 0.29) is 33.0 Å². The van der Waals surface area contributed by atoms with E-state index in [1.807, 2.05) is 18.2 Å². The van der Waals surface area contributed by atoms with Crippen LogP contribution in [0.3, 0.4) is 0 Å². The molecule has 30 heteroatoms. The number of carbonyl (C=O) groups is 6. The Kier molecular flexibility index (Phi) is 28.0. The number of ether oxygens (including phenoxy) is 18. The largest absolute Gasteiger partial charge is 0.467 e. The van der Waals surface area contributed by atoms with Crippen LogP contribution in [0.25, 0.3) is 20.9 Å². The van der Waals surface area contributed by atoms with Crippen molar-refractivity contribution >= 4 is 35.8 Å². The number of methoxy groups -OCH3 is 2. The van der Waals surface area contributed by atoms with Crippen LogP contribution in [-0.4, -0.2) is 186 Å². The summed E-state index contributed by atoms with van der Waals surface area (Å²) >= 11 is 0. The molecule has 0 aromatic heterocycles. The summed E-state index contributed by atoms with van der Waals surface area (Å²) in [5.74, 6) is -6.13. The molecule has 4 aliphatic rings. The normalized spacial score (nSPS) is 30.2. The molecule has 4 heterocycles. The number of hydrogen-bond donors (Lipinski definition) is 0. The van der Waals surface area contributed by atoms with Gasteiger partial charge in [-0.25, -0.2) is 9.59 Å². The fraction of sp³-hybridized carbons (Fsp3) is 0.515. The molecule has 0 saturated carbocycles. The highest BCUT2D eigenvalue weighted by atomic mass is 16.8. The average Bonchev–Trinajstić information content (AvgIpc) is 0.764. The minimum Gasteiger partial charge on any atom is -0.467 e. The van der Waals surface area contributed by atoms with E-state index in [2.05, 4.69) is 26.6 Å². The van der Waals surface area contributed by atoms with Crippen LogP contribution in [-0.2, 0) is 140 Å². The molecule has 8 rings (SSSR count). The van der Waals surface area contributed by atoms with Gasteiger partial charge in [-0.1, -0.05) is 145 Å². The van der Waals surface area contributed by atoms with E-state index >= 15 is 0 Å². The second-order valence-electron chi connectivity index (χ2n) is 22.5. The molecule has 20 atom stereocenters. The second-order valence-corrected chi connectivity index (χ2v) is 22.5. The zero-order valence-electron chi connectivity index (χ0n) is 53.8. The maximum Gasteiger partial charge on any atom is 0.337 e. The molecular formula is C66H78N6O24. The molecule has 30 nitrogen and oxygen atoms in total. The minimum absolute atomic E-state index is 0.0330. The lowest BCUT2D eigenvalue weighted by atomic mass is 9.89. The number of hydrogen-bond acceptors (Lipinski definition) is 26. The van der Waals surface area contributed by atoms with Crippen LogP contribution in [0.4, 0.5) is 0 Å². The van der Waals surface area contributed by atoms with Crippen molar-refractivity contribution < 1.29 is 114 Å². The molecule has 4 fully saturated rings. The number of carbonyl (C=O) groups excluding carboxylic acids is 6. The van der Waals surface area contributed by atoms with Crippen molar-refractivity contribution in [1.82, 2.24) is 0 Å². The summed E-state index contributed by atoms with van der Waals surface area (Å²) in [4.78, 5) is 87.1. The van der Waals surface area contributed by atoms with Gasteiger partial charge in [-0.2, -0.15) is 0 Å². The smallest absolute Gasteiger partial charge is 0.337 e. The quantitative estimate of drug-likeness (QED) is 0.0123. The Balaban J connectivity index is 1.25. The second kappa shape index (κ2) is 36.6. The SMILES string of the molecule is C=CCO[C@@H]1OC(COC(C)=O)[C@H](O[C@@H]2OC(C(=O)OC)[C@H](O[C@H]3O[C@H](COC(C)=O)[C@@H](O[C@H]4O[C@@H](C(=O)OC)[C@@H](C)C(OCc5ccccc5)C4OC(C)=O)C(OCc4ccccc4)C3N=[N+]=[N-])[C@@H](OCc3ccccc3)C2OC(C)=O)C(OCc2ccccc2)[C@H]1N=[N+]=[N-]. The molecule has 0 amide bonds. The highest BCUT2D eigenvalue weighted by Gasteiger charge is 2.60. The fourth-order valence-electron chi connectivity index (χ4n) is 11.4. The van der Waals surface area contributed by atoms with E-state index in [0.717, 1.165) is 47.5 Å². The van der Waals surface area contributed by atoms with Gasteiger partial charge in [0.05, 0.1) is 47.3 Å². The molecule has 0 aliphatic carbocycles. The molecule has 4 aromatic rings. The molecule has 96 heavy (non-hydrogen) atoms. The third kappa shape index (κ3) is 19.9. The Hall–Kier alpha value is -8.42. The van der Waals surface area contributed by atoms with Gasteiger partial charge in [-0.3, -0.25) is 19.2 Å². The zero-order valence-corrected chi connectivity index (χ0v) is 53.8. The van der Waals surface area contributed by atoms with Gasteiger partial charge in [0.2, 0.25) is 0 Å². The van der Waals surface area contributed by atoms with Gasteiger partial charge < -0.3 is 85.3 Å². The number of rotatable bonds is 31. The highest BCUT2D eigenvalue weighted by molar-refractivity contribution is 5.76. The van der Waals surface area contributed by atoms with Crippen LogP contribution >= 0.6 is 0 Å². The molecule has 516 valence electrons. The van der Waals surface area contributed by atoms with Crippen molar-refractivity contribution in [2.24, 2.45) is 16.1 Å². The number of benzene rings is 4. The predicted molar refractivity (Wildman–Crippen MR) is 329 cm³/mol. The Morgan fingerprint density at radius 2 is 0.812 bits per heavy atom. The van der Waals surface area contributed by atoms with Crippen molar-refractivity contribution in [2.75, 3.05) is 34.0 Å². The summed E-state index contributed by atoms with van der Waals surface area (Å²) < 4.78 is 113. The maximum atomic E-state index is 14.7. The van der Waals surface area contributed by atoms with E-state index in [9.17, 15) is 39.8 Å². The van der Waals surface area contributed by atoms with Crippen molar-refractivity contribution in [3.05, 3.63) is 177 Å². The average molecular weight is 1340 g/mol. The van der Waals surface area contributed by atoms with Gasteiger partial charge in [0.15, 0.2) is 49.6 Å². The Labute approximate surface area is 552 Å². The van der Waals surface area contributed by atoms with Crippen LogP contribution < -0.4 is 0 Å². The maximum absolute atomic E-state index is 14.7. The summed E-state index contributed by atoms with van der Waals surface area (Å²) in [7, 11) is 2.20. The standard InChI is InChI=1S/C66H78N6O24/c1-9-30-81-63-48(69-71-67)54(85-32-43-24-16-11-17-25-43)52(46(90-63)35-82-38(3)73)94-66-60(89-41(6)76)56(87-34-45-28-20-13-21-29-45)57(58(96-66)62(78)80-8)95-64-49(70-72-68)55(86-33-44-26-18-12-19-27-44)53(47(91-64)36-83-39(4)74)93-65-59(88-40(5)75)50(37(2)51(92-65)61(77)79-7)84-31-42-22-14-10-15-23-42/h9-29,37,46-60,63-66H,1,30-36H2,2-8H3/t37-,46?,47+,48+,49?,50?,51+,52-,53+,54?,55?,56+,57+,58?,59?,60?,63+,64+,65+,66+/m0/s1. The van der Waals surface area contributed by atoms with Crippen molar-refractivity contribution in [2.45, 2.75) is 178 Å². The molecular weight excluding hydrogens is 1260 g/mol. The summed E-state index contributed by atoms with van der Waals surface area (Å²) in [5.41, 5.74) is 23.2. The number of esters is 6. The molecule has 4 saturated heterocycles. The first kappa shape index (κ1) is 73.4. The minimum atomic E-state index is -2.01. The molecule has 0 bridgehead atoms. The fourth-order valence-corrected chi connectivity index (χ4v) is 11.4. The molecule has 4 aliphatic heterocycles. The van der Waals surface area contributed by atoms with Gasteiger partial charge in [0.25, 0.3) is 0 Å². The molecule has 4 aromatic carbocycles. The summed E-state index contributed by atoms with van der Waals surface area (Å²) in [6.45, 7) is 7.85. The van der Waals surface area contributed by atoms with E-state index in [1.165, 1.54) is 6.08 Å². The van der Waals surface area contributed by atoms with Crippen molar-refractivity contribution in [3.63, 3.8) is 0 Å². The van der Waals surface area contributed by atoms with Crippen molar-refractivity contribution in [1.29, 1.82) is 0 Å². The number of nitrogens with zero attached hydrogens (tertiary/aromatic N) is 6. The molecule has 0 N–H and O–H groups in total. The van der Waals surface area contributed by atoms with Crippen LogP contribution in [0.15, 0.2) is 144 Å². The lowest BCUT2D eigenvalue weighted by Crippen LogP contribution is -2.68. The Morgan fingerprint density at radius 1 is 0.448 bits per heavy atom. The van der Waals surface area contributed by atoms with Crippen LogP contribution in [0.5, 0.6) is 0 Å². The third-order valence-corrected chi connectivity index (χ3v) is 15.7. The van der Waals surface area contributed by atoms with Crippen LogP contribution in [0, 0.1) is 5.92 Å². The lowest BCUT2D eigenvalue weighted by Gasteiger charge is -2.51.